The summed E-state index contributed by atoms with van der Waals surface area (Å²) in [5, 5.41) is 0. The van der Waals surface area contributed by atoms with Gasteiger partial charge in [0.05, 0.1) is 5.56 Å². The third kappa shape index (κ3) is 2.44. The van der Waals surface area contributed by atoms with Crippen molar-refractivity contribution < 1.29 is 9.18 Å². The topological polar surface area (TPSA) is 23.6 Å². The van der Waals surface area contributed by atoms with Gasteiger partial charge in [-0.2, -0.15) is 0 Å². The molecule has 0 radical (unpaired) electrons. The lowest BCUT2D eigenvalue weighted by Gasteiger charge is -2.23. The number of carbonyl (C=O) groups excluding carboxylic acids is 1. The maximum Gasteiger partial charge on any atom is 0.256 e. The molecule has 2 aliphatic rings. The number of nitrogens with zero attached hydrogens (tertiary/aromatic N) is 2. The van der Waals surface area contributed by atoms with E-state index in [1.807, 2.05) is 0 Å². The van der Waals surface area contributed by atoms with Gasteiger partial charge in [-0.25, -0.2) is 4.39 Å². The largest absolute Gasteiger partial charge is 0.337 e. The van der Waals surface area contributed by atoms with E-state index in [1.54, 1.807) is 30.0 Å². The van der Waals surface area contributed by atoms with Gasteiger partial charge in [-0.1, -0.05) is 12.1 Å². The number of amides is 1. The van der Waals surface area contributed by atoms with Crippen molar-refractivity contribution in [2.45, 2.75) is 32.2 Å². The van der Waals surface area contributed by atoms with E-state index in [2.05, 4.69) is 4.90 Å². The van der Waals surface area contributed by atoms with Crippen LogP contribution in [-0.2, 0) is 0 Å². The highest BCUT2D eigenvalue weighted by Gasteiger charge is 2.32. The minimum absolute atomic E-state index is 0.159. The van der Waals surface area contributed by atoms with Crippen LogP contribution in [0.3, 0.4) is 0 Å². The van der Waals surface area contributed by atoms with Crippen LogP contribution in [0.2, 0.25) is 0 Å². The van der Waals surface area contributed by atoms with Gasteiger partial charge in [0.25, 0.3) is 5.91 Å². The molecule has 0 aromatic heterocycles. The number of aryl methyl sites for hydroxylation is 1. The standard InChI is InChI=1S/C16H21FN2O/c1-12-5-4-6-14(15(12)17)16(20)19-10-7-13(11-19)18-8-2-3-9-18/h4-6,13H,2-3,7-11H2,1H3. The Labute approximate surface area is 119 Å². The highest BCUT2D eigenvalue weighted by atomic mass is 19.1. The van der Waals surface area contributed by atoms with Gasteiger partial charge in [0.2, 0.25) is 0 Å². The first-order valence-corrected chi connectivity index (χ1v) is 7.45. The minimum Gasteiger partial charge on any atom is -0.337 e. The Morgan fingerprint density at radius 3 is 2.75 bits per heavy atom. The lowest BCUT2D eigenvalue weighted by molar-refractivity contribution is 0.0775. The van der Waals surface area contributed by atoms with Gasteiger partial charge in [0.15, 0.2) is 0 Å². The van der Waals surface area contributed by atoms with Gasteiger partial charge >= 0.3 is 0 Å². The van der Waals surface area contributed by atoms with E-state index in [4.69, 9.17) is 0 Å². The molecule has 2 aliphatic heterocycles. The Bertz CT molecular complexity index is 511. The van der Waals surface area contributed by atoms with E-state index >= 15 is 0 Å². The normalized spacial score (nSPS) is 23.5. The van der Waals surface area contributed by atoms with Gasteiger partial charge in [-0.15, -0.1) is 0 Å². The third-order valence-corrected chi connectivity index (χ3v) is 4.53. The summed E-state index contributed by atoms with van der Waals surface area (Å²) >= 11 is 0. The third-order valence-electron chi connectivity index (χ3n) is 4.53. The molecule has 3 rings (SSSR count). The molecular weight excluding hydrogens is 255 g/mol. The van der Waals surface area contributed by atoms with Crippen LogP contribution >= 0.6 is 0 Å². The molecular formula is C16H21FN2O. The zero-order chi connectivity index (χ0) is 14.1. The fraction of sp³-hybridized carbons (Fsp3) is 0.562. The second kappa shape index (κ2) is 5.52. The van der Waals surface area contributed by atoms with E-state index in [-0.39, 0.29) is 17.3 Å². The van der Waals surface area contributed by atoms with E-state index in [1.165, 1.54) is 12.8 Å². The first-order valence-electron chi connectivity index (χ1n) is 7.45. The second-order valence-electron chi connectivity index (χ2n) is 5.87. The molecule has 1 unspecified atom stereocenters. The molecule has 0 saturated carbocycles. The molecule has 1 amide bonds. The molecule has 108 valence electrons. The van der Waals surface area contributed by atoms with Crippen molar-refractivity contribution in [2.75, 3.05) is 26.2 Å². The zero-order valence-electron chi connectivity index (χ0n) is 11.9. The van der Waals surface area contributed by atoms with Gasteiger partial charge in [0, 0.05) is 19.1 Å². The van der Waals surface area contributed by atoms with Crippen molar-refractivity contribution in [1.82, 2.24) is 9.80 Å². The van der Waals surface area contributed by atoms with Crippen LogP contribution in [0.25, 0.3) is 0 Å². The molecule has 0 spiro atoms. The first-order chi connectivity index (χ1) is 9.66. The SMILES string of the molecule is Cc1cccc(C(=O)N2CCC(N3CCCC3)C2)c1F. The highest BCUT2D eigenvalue weighted by Crippen LogP contribution is 2.23. The summed E-state index contributed by atoms with van der Waals surface area (Å²) in [6.45, 7) is 5.47. The van der Waals surface area contributed by atoms with E-state index < -0.39 is 0 Å². The molecule has 0 bridgehead atoms. The predicted octanol–water partition coefficient (Wildman–Crippen LogP) is 2.44. The van der Waals surface area contributed by atoms with Gasteiger partial charge < -0.3 is 4.90 Å². The summed E-state index contributed by atoms with van der Waals surface area (Å²) in [5.74, 6) is -0.532. The number of hydrogen-bond donors (Lipinski definition) is 0. The van der Waals surface area contributed by atoms with Crippen molar-refractivity contribution in [2.24, 2.45) is 0 Å². The average molecular weight is 276 g/mol. The molecule has 1 aromatic carbocycles. The van der Waals surface area contributed by atoms with Crippen LogP contribution in [0.15, 0.2) is 18.2 Å². The van der Waals surface area contributed by atoms with Gasteiger partial charge in [-0.3, -0.25) is 9.69 Å². The van der Waals surface area contributed by atoms with Gasteiger partial charge in [-0.05, 0) is 50.9 Å². The smallest absolute Gasteiger partial charge is 0.256 e. The summed E-state index contributed by atoms with van der Waals surface area (Å²) in [6, 6.07) is 5.51. The quantitative estimate of drug-likeness (QED) is 0.828. The van der Waals surface area contributed by atoms with Crippen LogP contribution < -0.4 is 0 Å². The highest BCUT2D eigenvalue weighted by molar-refractivity contribution is 5.94. The number of likely N-dealkylation sites (tertiary alicyclic amines) is 2. The molecule has 1 atom stereocenters. The van der Waals surface area contributed by atoms with Crippen LogP contribution in [0.5, 0.6) is 0 Å². The van der Waals surface area contributed by atoms with E-state index in [9.17, 15) is 9.18 Å². The van der Waals surface area contributed by atoms with Crippen molar-refractivity contribution in [3.05, 3.63) is 35.1 Å². The monoisotopic (exact) mass is 276 g/mol. The summed E-state index contributed by atoms with van der Waals surface area (Å²) in [5.41, 5.74) is 0.748. The minimum atomic E-state index is -0.373. The molecule has 1 aromatic rings. The molecule has 4 heteroatoms. The molecule has 2 fully saturated rings. The lowest BCUT2D eigenvalue weighted by atomic mass is 10.1. The Hall–Kier alpha value is -1.42. The lowest BCUT2D eigenvalue weighted by Crippen LogP contribution is -2.37. The summed E-state index contributed by atoms with van der Waals surface area (Å²) < 4.78 is 14.0. The number of carbonyl (C=O) groups is 1. The predicted molar refractivity (Wildman–Crippen MR) is 76.3 cm³/mol. The maximum absolute atomic E-state index is 14.0. The summed E-state index contributed by atoms with van der Waals surface area (Å²) in [6.07, 6.45) is 3.53. The van der Waals surface area contributed by atoms with Crippen LogP contribution in [-0.4, -0.2) is 47.9 Å². The molecule has 2 saturated heterocycles. The summed E-state index contributed by atoms with van der Waals surface area (Å²) in [7, 11) is 0. The molecule has 0 N–H and O–H groups in total. The summed E-state index contributed by atoms with van der Waals surface area (Å²) in [4.78, 5) is 16.7. The first kappa shape index (κ1) is 13.6. The molecule has 0 aliphatic carbocycles. The fourth-order valence-corrected chi connectivity index (χ4v) is 3.31. The number of benzene rings is 1. The van der Waals surface area contributed by atoms with Crippen molar-refractivity contribution >= 4 is 5.91 Å². The van der Waals surface area contributed by atoms with Crippen LogP contribution in [0, 0.1) is 12.7 Å². The van der Waals surface area contributed by atoms with E-state index in [0.717, 1.165) is 32.6 Å². The Kier molecular flexibility index (Phi) is 3.74. The Balaban J connectivity index is 1.70. The molecule has 3 nitrogen and oxygen atoms in total. The maximum atomic E-state index is 14.0. The Morgan fingerprint density at radius 2 is 2.00 bits per heavy atom. The van der Waals surface area contributed by atoms with Crippen molar-refractivity contribution in [1.29, 1.82) is 0 Å². The van der Waals surface area contributed by atoms with Crippen molar-refractivity contribution in [3.63, 3.8) is 0 Å². The number of rotatable bonds is 2. The molecule has 2 heterocycles. The Morgan fingerprint density at radius 1 is 1.25 bits per heavy atom. The van der Waals surface area contributed by atoms with Gasteiger partial charge in [0.1, 0.15) is 5.82 Å². The van der Waals surface area contributed by atoms with E-state index in [0.29, 0.717) is 11.6 Å². The van der Waals surface area contributed by atoms with Crippen LogP contribution in [0.4, 0.5) is 4.39 Å². The average Bonchev–Trinajstić information content (AvgIpc) is 3.11. The fourth-order valence-electron chi connectivity index (χ4n) is 3.31. The number of hydrogen-bond acceptors (Lipinski definition) is 2. The zero-order valence-corrected chi connectivity index (χ0v) is 11.9. The number of halogens is 1. The van der Waals surface area contributed by atoms with Crippen LogP contribution in [0.1, 0.15) is 35.2 Å². The molecule has 20 heavy (non-hydrogen) atoms. The van der Waals surface area contributed by atoms with Crippen molar-refractivity contribution in [3.8, 4) is 0 Å². The second-order valence-corrected chi connectivity index (χ2v) is 5.87.